The van der Waals surface area contributed by atoms with E-state index in [0.29, 0.717) is 0 Å². The minimum Gasteiger partial charge on any atom is -0.340 e. The number of benzene rings is 2. The smallest absolute Gasteiger partial charge is 0.254 e. The molecule has 2 heterocycles. The van der Waals surface area contributed by atoms with E-state index in [9.17, 15) is 4.79 Å². The van der Waals surface area contributed by atoms with Gasteiger partial charge in [0, 0.05) is 12.1 Å². The average molecular weight is 319 g/mol. The Bertz CT molecular complexity index is 879. The fourth-order valence-electron chi connectivity index (χ4n) is 3.63. The Hall–Kier alpha value is -2.62. The van der Waals surface area contributed by atoms with E-state index in [1.165, 1.54) is 5.56 Å². The Labute approximate surface area is 141 Å². The number of H-pyrrole nitrogens is 1. The van der Waals surface area contributed by atoms with Crippen molar-refractivity contribution in [3.05, 3.63) is 65.0 Å². The van der Waals surface area contributed by atoms with Crippen LogP contribution in [-0.4, -0.2) is 27.3 Å². The SMILES string of the molecule is Cc1ccc(C(=O)N2CCCC2c2nc3ccccc3[nH]2)c(C)c1. The highest BCUT2D eigenvalue weighted by Crippen LogP contribution is 2.33. The van der Waals surface area contributed by atoms with Crippen LogP contribution >= 0.6 is 0 Å². The molecule has 0 spiro atoms. The van der Waals surface area contributed by atoms with Gasteiger partial charge in [-0.15, -0.1) is 0 Å². The summed E-state index contributed by atoms with van der Waals surface area (Å²) in [6.45, 7) is 4.84. The molecule has 4 nitrogen and oxygen atoms in total. The second kappa shape index (κ2) is 5.78. The number of aromatic amines is 1. The fourth-order valence-corrected chi connectivity index (χ4v) is 3.63. The summed E-state index contributed by atoms with van der Waals surface area (Å²) in [6, 6.07) is 14.1. The molecule has 1 N–H and O–H groups in total. The van der Waals surface area contributed by atoms with Crippen molar-refractivity contribution < 1.29 is 4.79 Å². The number of nitrogens with one attached hydrogen (secondary N) is 1. The van der Waals surface area contributed by atoms with E-state index in [1.54, 1.807) is 0 Å². The summed E-state index contributed by atoms with van der Waals surface area (Å²) >= 11 is 0. The minimum absolute atomic E-state index is 0.0330. The maximum Gasteiger partial charge on any atom is 0.254 e. The summed E-state index contributed by atoms with van der Waals surface area (Å²) in [5.74, 6) is 1.00. The molecule has 4 rings (SSSR count). The van der Waals surface area contributed by atoms with Crippen LogP contribution in [0.5, 0.6) is 0 Å². The van der Waals surface area contributed by atoms with Crippen molar-refractivity contribution >= 4 is 16.9 Å². The van der Waals surface area contributed by atoms with Gasteiger partial charge in [0.2, 0.25) is 0 Å². The maximum absolute atomic E-state index is 13.1. The molecule has 24 heavy (non-hydrogen) atoms. The molecule has 1 aromatic heterocycles. The molecule has 1 atom stereocenters. The van der Waals surface area contributed by atoms with Crippen molar-refractivity contribution in [2.75, 3.05) is 6.54 Å². The Morgan fingerprint density at radius 1 is 1.21 bits per heavy atom. The number of likely N-dealkylation sites (tertiary alicyclic amines) is 1. The molecule has 1 amide bonds. The van der Waals surface area contributed by atoms with E-state index >= 15 is 0 Å². The monoisotopic (exact) mass is 319 g/mol. The largest absolute Gasteiger partial charge is 0.340 e. The first-order chi connectivity index (χ1) is 11.6. The zero-order chi connectivity index (χ0) is 16.7. The lowest BCUT2D eigenvalue weighted by molar-refractivity contribution is 0.0730. The van der Waals surface area contributed by atoms with E-state index in [0.717, 1.165) is 47.4 Å². The highest BCUT2D eigenvalue weighted by atomic mass is 16.2. The zero-order valence-electron chi connectivity index (χ0n) is 14.0. The molecular formula is C20H21N3O. The molecule has 0 radical (unpaired) electrons. The van der Waals surface area contributed by atoms with Crippen LogP contribution in [0.15, 0.2) is 42.5 Å². The number of hydrogen-bond acceptors (Lipinski definition) is 2. The standard InChI is InChI=1S/C20H21N3O/c1-13-9-10-15(14(2)12-13)20(24)23-11-5-8-18(23)19-21-16-6-3-4-7-17(16)22-19/h3-4,6-7,9-10,12,18H,5,8,11H2,1-2H3,(H,21,22). The molecule has 4 heteroatoms. The third-order valence-corrected chi connectivity index (χ3v) is 4.85. The number of fused-ring (bicyclic) bond motifs is 1. The Morgan fingerprint density at radius 3 is 2.83 bits per heavy atom. The molecule has 1 aliphatic heterocycles. The lowest BCUT2D eigenvalue weighted by Gasteiger charge is -2.24. The van der Waals surface area contributed by atoms with E-state index in [2.05, 4.69) is 11.1 Å². The van der Waals surface area contributed by atoms with Gasteiger partial charge in [-0.1, -0.05) is 29.8 Å². The molecule has 122 valence electrons. The van der Waals surface area contributed by atoms with Crippen molar-refractivity contribution in [3.8, 4) is 0 Å². The van der Waals surface area contributed by atoms with Crippen molar-refractivity contribution in [2.24, 2.45) is 0 Å². The van der Waals surface area contributed by atoms with Crippen molar-refractivity contribution in [3.63, 3.8) is 0 Å². The Balaban J connectivity index is 1.68. The van der Waals surface area contributed by atoms with Crippen LogP contribution in [-0.2, 0) is 0 Å². The number of aryl methyl sites for hydroxylation is 2. The molecule has 1 fully saturated rings. The minimum atomic E-state index is 0.0330. The highest BCUT2D eigenvalue weighted by Gasteiger charge is 2.33. The normalized spacial score (nSPS) is 17.6. The van der Waals surface area contributed by atoms with Crippen LogP contribution in [0.1, 0.15) is 46.2 Å². The van der Waals surface area contributed by atoms with Crippen LogP contribution in [0.2, 0.25) is 0 Å². The van der Waals surface area contributed by atoms with E-state index in [-0.39, 0.29) is 11.9 Å². The fraction of sp³-hybridized carbons (Fsp3) is 0.300. The number of rotatable bonds is 2. The van der Waals surface area contributed by atoms with Gasteiger partial charge in [-0.3, -0.25) is 4.79 Å². The van der Waals surface area contributed by atoms with Gasteiger partial charge in [-0.2, -0.15) is 0 Å². The molecule has 0 aliphatic carbocycles. The average Bonchev–Trinajstić information content (AvgIpc) is 3.20. The van der Waals surface area contributed by atoms with E-state index in [4.69, 9.17) is 4.98 Å². The van der Waals surface area contributed by atoms with Crippen molar-refractivity contribution in [1.29, 1.82) is 0 Å². The summed E-state index contributed by atoms with van der Waals surface area (Å²) < 4.78 is 0. The Morgan fingerprint density at radius 2 is 2.04 bits per heavy atom. The van der Waals surface area contributed by atoms with Gasteiger partial charge in [0.25, 0.3) is 5.91 Å². The number of aromatic nitrogens is 2. The summed E-state index contributed by atoms with van der Waals surface area (Å²) in [7, 11) is 0. The predicted molar refractivity (Wildman–Crippen MR) is 95.0 cm³/mol. The predicted octanol–water partition coefficient (Wildman–Crippen LogP) is 4.16. The maximum atomic E-state index is 13.1. The number of para-hydroxylation sites is 2. The zero-order valence-corrected chi connectivity index (χ0v) is 14.0. The van der Waals surface area contributed by atoms with Gasteiger partial charge in [-0.25, -0.2) is 4.98 Å². The van der Waals surface area contributed by atoms with Gasteiger partial charge in [0.05, 0.1) is 17.1 Å². The van der Waals surface area contributed by atoms with Crippen LogP contribution < -0.4 is 0 Å². The number of amides is 1. The lowest BCUT2D eigenvalue weighted by atomic mass is 10.0. The molecule has 1 aliphatic rings. The first-order valence-electron chi connectivity index (χ1n) is 8.46. The van der Waals surface area contributed by atoms with Crippen molar-refractivity contribution in [1.82, 2.24) is 14.9 Å². The third-order valence-electron chi connectivity index (χ3n) is 4.85. The van der Waals surface area contributed by atoms with Gasteiger partial charge in [-0.05, 0) is 50.5 Å². The molecule has 0 saturated carbocycles. The highest BCUT2D eigenvalue weighted by molar-refractivity contribution is 5.96. The summed E-state index contributed by atoms with van der Waals surface area (Å²) in [6.07, 6.45) is 1.97. The van der Waals surface area contributed by atoms with Gasteiger partial charge in [0.15, 0.2) is 0 Å². The second-order valence-corrected chi connectivity index (χ2v) is 6.61. The topological polar surface area (TPSA) is 49.0 Å². The molecule has 1 unspecified atom stereocenters. The first-order valence-corrected chi connectivity index (χ1v) is 8.46. The summed E-state index contributed by atoms with van der Waals surface area (Å²) in [5, 5.41) is 0. The van der Waals surface area contributed by atoms with E-state index in [1.807, 2.05) is 55.1 Å². The van der Waals surface area contributed by atoms with Crippen LogP contribution in [0.3, 0.4) is 0 Å². The quantitative estimate of drug-likeness (QED) is 0.771. The second-order valence-electron chi connectivity index (χ2n) is 6.61. The number of nitrogens with zero attached hydrogens (tertiary/aromatic N) is 2. The molecule has 1 saturated heterocycles. The van der Waals surface area contributed by atoms with Crippen LogP contribution in [0.4, 0.5) is 0 Å². The summed E-state index contributed by atoms with van der Waals surface area (Å²) in [5.41, 5.74) is 5.00. The third kappa shape index (κ3) is 2.48. The number of imidazole rings is 1. The van der Waals surface area contributed by atoms with Crippen LogP contribution in [0, 0.1) is 13.8 Å². The van der Waals surface area contributed by atoms with E-state index < -0.39 is 0 Å². The van der Waals surface area contributed by atoms with Gasteiger partial charge >= 0.3 is 0 Å². The molecule has 0 bridgehead atoms. The number of carbonyl (C=O) groups is 1. The first kappa shape index (κ1) is 14.9. The number of carbonyl (C=O) groups excluding carboxylic acids is 1. The molecule has 2 aromatic carbocycles. The summed E-state index contributed by atoms with van der Waals surface area (Å²) in [4.78, 5) is 23.1. The Kier molecular flexibility index (Phi) is 3.60. The number of hydrogen-bond donors (Lipinski definition) is 1. The van der Waals surface area contributed by atoms with Gasteiger partial charge in [0.1, 0.15) is 5.82 Å². The van der Waals surface area contributed by atoms with Crippen molar-refractivity contribution in [2.45, 2.75) is 32.7 Å². The lowest BCUT2D eigenvalue weighted by Crippen LogP contribution is -2.31. The molecule has 3 aromatic rings. The van der Waals surface area contributed by atoms with Crippen LogP contribution in [0.25, 0.3) is 11.0 Å². The van der Waals surface area contributed by atoms with Gasteiger partial charge < -0.3 is 9.88 Å². The molecular weight excluding hydrogens is 298 g/mol.